The number of carboxylic acids is 1. The van der Waals surface area contributed by atoms with Gasteiger partial charge in [0.25, 0.3) is 0 Å². The van der Waals surface area contributed by atoms with Crippen LogP contribution in [0.4, 0.5) is 0 Å². The summed E-state index contributed by atoms with van der Waals surface area (Å²) in [6, 6.07) is 0. The van der Waals surface area contributed by atoms with Gasteiger partial charge in [-0.3, -0.25) is 4.79 Å². The lowest BCUT2D eigenvalue weighted by molar-refractivity contribution is -0.136. The topological polar surface area (TPSA) is 37.3 Å². The van der Waals surface area contributed by atoms with Crippen LogP contribution in [0.5, 0.6) is 0 Å². The molecule has 0 aromatic rings. The van der Waals surface area contributed by atoms with Crippen LogP contribution in [0.3, 0.4) is 0 Å². The Bertz CT molecular complexity index is 558. The van der Waals surface area contributed by atoms with Crippen molar-refractivity contribution in [3.63, 3.8) is 0 Å². The Labute approximate surface area is 99.6 Å². The fourth-order valence-electron chi connectivity index (χ4n) is 2.59. The second-order valence-electron chi connectivity index (χ2n) is 4.37. The maximum atomic E-state index is 10.9. The largest absolute Gasteiger partial charge is 0.481 e. The van der Waals surface area contributed by atoms with Crippen molar-refractivity contribution >= 4 is 5.97 Å². The number of allylic oxidation sites excluding steroid dienone is 11. The van der Waals surface area contributed by atoms with Crippen LogP contribution >= 0.6 is 0 Å². The summed E-state index contributed by atoms with van der Waals surface area (Å²) in [6.07, 6.45) is 16.4. The third kappa shape index (κ3) is 1.62. The minimum Gasteiger partial charge on any atom is -0.481 e. The number of hydrogen-bond acceptors (Lipinski definition) is 1. The lowest BCUT2D eigenvalue weighted by atomic mass is 9.73. The van der Waals surface area contributed by atoms with Gasteiger partial charge in [-0.2, -0.15) is 0 Å². The smallest absolute Gasteiger partial charge is 0.307 e. The van der Waals surface area contributed by atoms with Gasteiger partial charge in [-0.1, -0.05) is 48.6 Å². The molecule has 3 aliphatic carbocycles. The highest BCUT2D eigenvalue weighted by Gasteiger charge is 2.27. The van der Waals surface area contributed by atoms with Crippen LogP contribution in [0, 0.1) is 5.92 Å². The van der Waals surface area contributed by atoms with E-state index >= 15 is 0 Å². The maximum Gasteiger partial charge on any atom is 0.307 e. The molecule has 2 heteroatoms. The molecule has 84 valence electrons. The van der Waals surface area contributed by atoms with Gasteiger partial charge in [-0.15, -0.1) is 0 Å². The molecule has 0 saturated carbocycles. The van der Waals surface area contributed by atoms with Crippen LogP contribution in [-0.4, -0.2) is 11.1 Å². The van der Waals surface area contributed by atoms with Crippen LogP contribution < -0.4 is 0 Å². The van der Waals surface area contributed by atoms with E-state index in [9.17, 15) is 4.79 Å². The fourth-order valence-corrected chi connectivity index (χ4v) is 2.59. The average molecular weight is 224 g/mol. The van der Waals surface area contributed by atoms with Crippen molar-refractivity contribution in [2.75, 3.05) is 0 Å². The average Bonchev–Trinajstić information content (AvgIpc) is 2.33. The van der Waals surface area contributed by atoms with Crippen LogP contribution in [0.1, 0.15) is 6.42 Å². The van der Waals surface area contributed by atoms with Gasteiger partial charge in [-0.25, -0.2) is 0 Å². The summed E-state index contributed by atoms with van der Waals surface area (Å²) in [7, 11) is 0. The molecule has 1 unspecified atom stereocenters. The predicted molar refractivity (Wildman–Crippen MR) is 66.4 cm³/mol. The van der Waals surface area contributed by atoms with Gasteiger partial charge >= 0.3 is 5.97 Å². The van der Waals surface area contributed by atoms with E-state index in [-0.39, 0.29) is 12.3 Å². The van der Waals surface area contributed by atoms with Crippen molar-refractivity contribution in [1.29, 1.82) is 0 Å². The lowest BCUT2D eigenvalue weighted by Gasteiger charge is -2.30. The molecule has 0 aromatic carbocycles. The fraction of sp³-hybridized carbons (Fsp3) is 0.133. The normalized spacial score (nSPS) is 24.4. The Hall–Kier alpha value is -2.09. The zero-order valence-electron chi connectivity index (χ0n) is 9.26. The monoisotopic (exact) mass is 224 g/mol. The molecule has 1 atom stereocenters. The highest BCUT2D eigenvalue weighted by atomic mass is 16.4. The highest BCUT2D eigenvalue weighted by molar-refractivity contribution is 5.73. The molecule has 0 fully saturated rings. The van der Waals surface area contributed by atoms with Crippen molar-refractivity contribution in [3.05, 3.63) is 70.9 Å². The van der Waals surface area contributed by atoms with E-state index in [1.165, 1.54) is 11.1 Å². The second-order valence-corrected chi connectivity index (χ2v) is 4.37. The third-order valence-corrected chi connectivity index (χ3v) is 3.31. The molecule has 3 aliphatic rings. The zero-order valence-corrected chi connectivity index (χ0v) is 9.26. The Morgan fingerprint density at radius 3 is 2.53 bits per heavy atom. The molecule has 0 amide bonds. The number of hydrogen-bond donors (Lipinski definition) is 1. The quantitative estimate of drug-likeness (QED) is 0.783. The summed E-state index contributed by atoms with van der Waals surface area (Å²) in [5.74, 6) is -0.537. The van der Waals surface area contributed by atoms with Crippen LogP contribution in [0.25, 0.3) is 0 Å². The predicted octanol–water partition coefficient (Wildman–Crippen LogP) is 2.94. The molecule has 2 nitrogen and oxygen atoms in total. The van der Waals surface area contributed by atoms with E-state index in [4.69, 9.17) is 5.11 Å². The van der Waals surface area contributed by atoms with Crippen LogP contribution in [-0.2, 0) is 4.79 Å². The maximum absolute atomic E-state index is 10.9. The Morgan fingerprint density at radius 1 is 1.06 bits per heavy atom. The van der Waals surface area contributed by atoms with Crippen LogP contribution in [0.2, 0.25) is 0 Å². The Morgan fingerprint density at radius 2 is 1.76 bits per heavy atom. The van der Waals surface area contributed by atoms with Crippen molar-refractivity contribution in [2.45, 2.75) is 6.42 Å². The van der Waals surface area contributed by atoms with Gasteiger partial charge in [0.2, 0.25) is 0 Å². The molecule has 0 saturated heterocycles. The molecular weight excluding hydrogens is 212 g/mol. The van der Waals surface area contributed by atoms with E-state index in [2.05, 4.69) is 18.2 Å². The number of carboxylic acid groups (broad SMARTS) is 1. The number of carbonyl (C=O) groups is 1. The molecule has 1 N–H and O–H groups in total. The molecular formula is C15H12O2. The molecule has 0 aliphatic heterocycles. The first-order chi connectivity index (χ1) is 8.25. The zero-order chi connectivity index (χ0) is 11.8. The minimum atomic E-state index is -0.777. The van der Waals surface area contributed by atoms with E-state index in [1.54, 1.807) is 0 Å². The van der Waals surface area contributed by atoms with E-state index in [0.717, 1.165) is 11.1 Å². The van der Waals surface area contributed by atoms with Gasteiger partial charge in [0, 0.05) is 5.92 Å². The third-order valence-electron chi connectivity index (χ3n) is 3.31. The standard InChI is InChI=1S/C15H12O2/c16-14(17)9-12-8-7-11-4-1-3-10-5-2-6-13(12)15(10)11/h1-8,15H,9H2,(H,16,17). The van der Waals surface area contributed by atoms with Crippen LogP contribution in [0.15, 0.2) is 70.9 Å². The van der Waals surface area contributed by atoms with Gasteiger partial charge in [-0.05, 0) is 22.3 Å². The molecule has 3 rings (SSSR count). The van der Waals surface area contributed by atoms with Crippen molar-refractivity contribution in [1.82, 2.24) is 0 Å². The summed E-state index contributed by atoms with van der Waals surface area (Å²) in [4.78, 5) is 10.9. The van der Waals surface area contributed by atoms with E-state index in [1.807, 2.05) is 30.4 Å². The van der Waals surface area contributed by atoms with E-state index < -0.39 is 5.97 Å². The van der Waals surface area contributed by atoms with Crippen molar-refractivity contribution in [2.24, 2.45) is 5.92 Å². The summed E-state index contributed by atoms with van der Waals surface area (Å²) in [5, 5.41) is 8.92. The van der Waals surface area contributed by atoms with Gasteiger partial charge < -0.3 is 5.11 Å². The molecule has 0 heterocycles. The van der Waals surface area contributed by atoms with E-state index in [0.29, 0.717) is 0 Å². The molecule has 0 bridgehead atoms. The van der Waals surface area contributed by atoms with Gasteiger partial charge in [0.1, 0.15) is 0 Å². The molecule has 17 heavy (non-hydrogen) atoms. The Kier molecular flexibility index (Phi) is 2.22. The number of aliphatic carboxylic acids is 1. The number of rotatable bonds is 2. The summed E-state index contributed by atoms with van der Waals surface area (Å²) >= 11 is 0. The Balaban J connectivity index is 2.10. The van der Waals surface area contributed by atoms with Crippen molar-refractivity contribution in [3.8, 4) is 0 Å². The SMILES string of the molecule is O=C(O)CC1=C2C=CC=C3C=CC=C(C=C1)C32. The molecule has 0 aromatic heterocycles. The first kappa shape index (κ1) is 10.1. The van der Waals surface area contributed by atoms with Gasteiger partial charge in [0.05, 0.1) is 6.42 Å². The molecule has 0 spiro atoms. The molecule has 0 radical (unpaired) electrons. The lowest BCUT2D eigenvalue weighted by Crippen LogP contribution is -2.17. The minimum absolute atomic E-state index is 0.0942. The van der Waals surface area contributed by atoms with Gasteiger partial charge in [0.15, 0.2) is 0 Å². The highest BCUT2D eigenvalue weighted by Crippen LogP contribution is 2.41. The first-order valence-corrected chi connectivity index (χ1v) is 5.65. The summed E-state index contributed by atoms with van der Waals surface area (Å²) < 4.78 is 0. The summed E-state index contributed by atoms with van der Waals surface area (Å²) in [6.45, 7) is 0. The summed E-state index contributed by atoms with van der Waals surface area (Å²) in [5.41, 5.74) is 4.53. The first-order valence-electron chi connectivity index (χ1n) is 5.65. The second kappa shape index (κ2) is 3.74. The van der Waals surface area contributed by atoms with Crippen molar-refractivity contribution < 1.29 is 9.90 Å².